The second-order valence-electron chi connectivity index (χ2n) is 2.51. The van der Waals surface area contributed by atoms with Crippen molar-refractivity contribution in [2.75, 3.05) is 13.1 Å². The molecule has 0 amide bonds. The maximum Gasteiger partial charge on any atom is 0.311 e. The van der Waals surface area contributed by atoms with Gasteiger partial charge in [-0.1, -0.05) is 19.9 Å². The van der Waals surface area contributed by atoms with Gasteiger partial charge < -0.3 is 10.1 Å². The third-order valence-electron chi connectivity index (χ3n) is 1.43. The Labute approximate surface area is 73.8 Å². The van der Waals surface area contributed by atoms with Crippen LogP contribution in [0.5, 0.6) is 0 Å². The lowest BCUT2D eigenvalue weighted by Gasteiger charge is -2.01. The zero-order chi connectivity index (χ0) is 9.23. The highest BCUT2D eigenvalue weighted by atomic mass is 16.5. The van der Waals surface area contributed by atoms with E-state index >= 15 is 0 Å². The molecular formula is C9H17NO2. The fourth-order valence-corrected chi connectivity index (χ4v) is 0.769. The van der Waals surface area contributed by atoms with Crippen LogP contribution in [0.1, 0.15) is 26.2 Å². The van der Waals surface area contributed by atoms with Gasteiger partial charge in [-0.2, -0.15) is 0 Å². The van der Waals surface area contributed by atoms with Gasteiger partial charge in [-0.25, -0.2) is 0 Å². The number of unbranched alkanes of at least 4 members (excludes halogenated alkanes) is 1. The van der Waals surface area contributed by atoms with E-state index in [1.54, 1.807) is 0 Å². The van der Waals surface area contributed by atoms with Crippen molar-refractivity contribution in [3.63, 3.8) is 0 Å². The lowest BCUT2D eigenvalue weighted by Crippen LogP contribution is -2.19. The first-order valence-electron chi connectivity index (χ1n) is 4.32. The van der Waals surface area contributed by atoms with Gasteiger partial charge in [-0.3, -0.25) is 4.79 Å². The largest absolute Gasteiger partial charge is 0.435 e. The molecule has 12 heavy (non-hydrogen) atoms. The highest BCUT2D eigenvalue weighted by Gasteiger charge is 1.98. The highest BCUT2D eigenvalue weighted by Crippen LogP contribution is 1.86. The van der Waals surface area contributed by atoms with Crippen LogP contribution in [0, 0.1) is 0 Å². The lowest BCUT2D eigenvalue weighted by molar-refractivity contribution is -0.137. The number of hydrogen-bond acceptors (Lipinski definition) is 3. The number of esters is 1. The van der Waals surface area contributed by atoms with Crippen molar-refractivity contribution in [2.24, 2.45) is 0 Å². The van der Waals surface area contributed by atoms with Crippen molar-refractivity contribution < 1.29 is 9.53 Å². The Morgan fingerprint density at radius 2 is 2.33 bits per heavy atom. The summed E-state index contributed by atoms with van der Waals surface area (Å²) in [5, 5.41) is 3.14. The molecule has 0 aromatic carbocycles. The van der Waals surface area contributed by atoms with Gasteiger partial charge in [0.25, 0.3) is 0 Å². The minimum Gasteiger partial charge on any atom is -0.435 e. The van der Waals surface area contributed by atoms with Crippen LogP contribution in [-0.4, -0.2) is 19.1 Å². The molecule has 70 valence electrons. The summed E-state index contributed by atoms with van der Waals surface area (Å²) in [5.41, 5.74) is 0. The van der Waals surface area contributed by atoms with Gasteiger partial charge in [0.15, 0.2) is 0 Å². The van der Waals surface area contributed by atoms with E-state index in [1.807, 2.05) is 0 Å². The number of nitrogens with one attached hydrogen (secondary N) is 1. The average molecular weight is 171 g/mol. The van der Waals surface area contributed by atoms with Crippen LogP contribution in [-0.2, 0) is 9.53 Å². The Balaban J connectivity index is 3.08. The smallest absolute Gasteiger partial charge is 0.311 e. The number of carbonyl (C=O) groups is 1. The zero-order valence-electron chi connectivity index (χ0n) is 7.64. The molecule has 3 heteroatoms. The van der Waals surface area contributed by atoms with Crippen molar-refractivity contribution in [3.05, 3.63) is 12.8 Å². The lowest BCUT2D eigenvalue weighted by atomic mass is 10.3. The van der Waals surface area contributed by atoms with Gasteiger partial charge in [0.1, 0.15) is 0 Å². The summed E-state index contributed by atoms with van der Waals surface area (Å²) in [5.74, 6) is -0.228. The third-order valence-corrected chi connectivity index (χ3v) is 1.43. The Kier molecular flexibility index (Phi) is 7.70. The van der Waals surface area contributed by atoms with Gasteiger partial charge in [-0.05, 0) is 13.0 Å². The molecule has 0 aromatic heterocycles. The van der Waals surface area contributed by atoms with Crippen molar-refractivity contribution in [1.82, 2.24) is 5.32 Å². The van der Waals surface area contributed by atoms with E-state index in [0.29, 0.717) is 13.0 Å². The Morgan fingerprint density at radius 1 is 1.58 bits per heavy atom. The SMILES string of the molecule is C=COC(=O)CCNCCCC. The molecule has 0 radical (unpaired) electrons. The first kappa shape index (κ1) is 11.2. The van der Waals surface area contributed by atoms with Crippen molar-refractivity contribution >= 4 is 5.97 Å². The summed E-state index contributed by atoms with van der Waals surface area (Å²) < 4.78 is 4.53. The molecule has 0 fully saturated rings. The van der Waals surface area contributed by atoms with Gasteiger partial charge in [0.05, 0.1) is 12.7 Å². The van der Waals surface area contributed by atoms with E-state index in [-0.39, 0.29) is 5.97 Å². The number of carbonyl (C=O) groups excluding carboxylic acids is 1. The fourth-order valence-electron chi connectivity index (χ4n) is 0.769. The summed E-state index contributed by atoms with van der Waals surface area (Å²) in [6.45, 7) is 7.08. The number of hydrogen-bond donors (Lipinski definition) is 1. The predicted octanol–water partition coefficient (Wildman–Crippen LogP) is 1.45. The minimum absolute atomic E-state index is 0.228. The van der Waals surface area contributed by atoms with Gasteiger partial charge in [0.2, 0.25) is 0 Å². The van der Waals surface area contributed by atoms with Gasteiger partial charge in [0, 0.05) is 6.54 Å². The standard InChI is InChI=1S/C9H17NO2/c1-3-5-7-10-8-6-9(11)12-4-2/h4,10H,2-3,5-8H2,1H3. The molecule has 0 spiro atoms. The van der Waals surface area contributed by atoms with E-state index < -0.39 is 0 Å². The fraction of sp³-hybridized carbons (Fsp3) is 0.667. The monoisotopic (exact) mass is 171 g/mol. The van der Waals surface area contributed by atoms with Crippen LogP contribution in [0.15, 0.2) is 12.8 Å². The predicted molar refractivity (Wildman–Crippen MR) is 48.7 cm³/mol. The number of ether oxygens (including phenoxy) is 1. The zero-order valence-corrected chi connectivity index (χ0v) is 7.64. The first-order valence-corrected chi connectivity index (χ1v) is 4.32. The van der Waals surface area contributed by atoms with Crippen LogP contribution in [0.2, 0.25) is 0 Å². The molecule has 0 heterocycles. The number of rotatable bonds is 7. The molecular weight excluding hydrogens is 154 g/mol. The third kappa shape index (κ3) is 7.28. The van der Waals surface area contributed by atoms with Crippen LogP contribution in [0.3, 0.4) is 0 Å². The van der Waals surface area contributed by atoms with Crippen LogP contribution in [0.4, 0.5) is 0 Å². The molecule has 0 aliphatic heterocycles. The van der Waals surface area contributed by atoms with Gasteiger partial charge in [-0.15, -0.1) is 0 Å². The molecule has 1 N–H and O–H groups in total. The van der Waals surface area contributed by atoms with Crippen molar-refractivity contribution in [2.45, 2.75) is 26.2 Å². The Hall–Kier alpha value is -0.830. The molecule has 0 rings (SSSR count). The van der Waals surface area contributed by atoms with Crippen LogP contribution < -0.4 is 5.32 Å². The second kappa shape index (κ2) is 8.27. The molecule has 3 nitrogen and oxygen atoms in total. The average Bonchev–Trinajstić information content (AvgIpc) is 2.05. The summed E-state index contributed by atoms with van der Waals surface area (Å²) in [7, 11) is 0. The molecule has 0 saturated carbocycles. The Bertz CT molecular complexity index is 134. The molecule has 0 aliphatic rings. The summed E-state index contributed by atoms with van der Waals surface area (Å²) in [4.78, 5) is 10.7. The molecule has 0 aromatic rings. The summed E-state index contributed by atoms with van der Waals surface area (Å²) in [6, 6.07) is 0. The quantitative estimate of drug-likeness (QED) is 0.358. The van der Waals surface area contributed by atoms with E-state index in [2.05, 4.69) is 23.6 Å². The normalized spacial score (nSPS) is 9.42. The van der Waals surface area contributed by atoms with Crippen LogP contribution >= 0.6 is 0 Å². The molecule has 0 saturated heterocycles. The van der Waals surface area contributed by atoms with Crippen molar-refractivity contribution in [1.29, 1.82) is 0 Å². The van der Waals surface area contributed by atoms with E-state index in [1.165, 1.54) is 6.42 Å². The minimum atomic E-state index is -0.228. The van der Waals surface area contributed by atoms with Gasteiger partial charge >= 0.3 is 5.97 Å². The maximum absolute atomic E-state index is 10.7. The van der Waals surface area contributed by atoms with Crippen LogP contribution in [0.25, 0.3) is 0 Å². The van der Waals surface area contributed by atoms with Crippen molar-refractivity contribution in [3.8, 4) is 0 Å². The molecule has 0 aliphatic carbocycles. The molecule has 0 atom stereocenters. The summed E-state index contributed by atoms with van der Waals surface area (Å²) >= 11 is 0. The molecule has 0 bridgehead atoms. The summed E-state index contributed by atoms with van der Waals surface area (Å²) in [6.07, 6.45) is 3.89. The molecule has 0 unspecified atom stereocenters. The maximum atomic E-state index is 10.7. The highest BCUT2D eigenvalue weighted by molar-refractivity contribution is 5.70. The Morgan fingerprint density at radius 3 is 2.92 bits per heavy atom. The van der Waals surface area contributed by atoms with E-state index in [9.17, 15) is 4.79 Å². The van der Waals surface area contributed by atoms with E-state index in [4.69, 9.17) is 0 Å². The first-order chi connectivity index (χ1) is 5.81. The topological polar surface area (TPSA) is 38.3 Å². The van der Waals surface area contributed by atoms with E-state index in [0.717, 1.165) is 19.2 Å². The second-order valence-corrected chi connectivity index (χ2v) is 2.51.